The first kappa shape index (κ1) is 12.6. The smallest absolute Gasteiger partial charge is 0.140 e. The molecule has 2 aromatic carbocycles. The maximum Gasteiger partial charge on any atom is 0.140 e. The topological polar surface area (TPSA) is 29.1 Å². The number of para-hydroxylation sites is 1. The second-order valence-corrected chi connectivity index (χ2v) is 6.12. The molecular formula is C19H19NO. The van der Waals surface area contributed by atoms with Crippen LogP contribution in [0.3, 0.4) is 0 Å². The van der Waals surface area contributed by atoms with Crippen LogP contribution in [0.25, 0.3) is 0 Å². The molecule has 2 heteroatoms. The fourth-order valence-corrected chi connectivity index (χ4v) is 4.00. The van der Waals surface area contributed by atoms with Crippen molar-refractivity contribution < 1.29 is 4.79 Å². The summed E-state index contributed by atoms with van der Waals surface area (Å²) in [6.45, 7) is 0. The van der Waals surface area contributed by atoms with E-state index in [1.807, 2.05) is 18.2 Å². The minimum atomic E-state index is 0.0707. The van der Waals surface area contributed by atoms with Gasteiger partial charge < -0.3 is 5.32 Å². The molecule has 1 saturated carbocycles. The predicted molar refractivity (Wildman–Crippen MR) is 84.3 cm³/mol. The van der Waals surface area contributed by atoms with Crippen LogP contribution in [0.15, 0.2) is 54.6 Å². The SMILES string of the molecule is O=C1CCC[C@H]2[C@@H](c3ccccc3)Nc3ccccc3[C@@H]12. The van der Waals surface area contributed by atoms with Gasteiger partial charge in [0.15, 0.2) is 0 Å². The summed E-state index contributed by atoms with van der Waals surface area (Å²) in [5.74, 6) is 0.867. The van der Waals surface area contributed by atoms with Gasteiger partial charge in [0, 0.05) is 18.0 Å². The molecule has 1 heterocycles. The molecule has 0 bridgehead atoms. The zero-order valence-corrected chi connectivity index (χ0v) is 12.0. The molecule has 0 unspecified atom stereocenters. The van der Waals surface area contributed by atoms with Gasteiger partial charge in [-0.2, -0.15) is 0 Å². The van der Waals surface area contributed by atoms with E-state index in [9.17, 15) is 4.79 Å². The molecule has 1 aliphatic heterocycles. The van der Waals surface area contributed by atoms with Crippen LogP contribution in [0.2, 0.25) is 0 Å². The number of benzene rings is 2. The lowest BCUT2D eigenvalue weighted by atomic mass is 9.67. The van der Waals surface area contributed by atoms with Gasteiger partial charge in [-0.1, -0.05) is 48.5 Å². The van der Waals surface area contributed by atoms with E-state index < -0.39 is 0 Å². The Bertz CT molecular complexity index is 664. The van der Waals surface area contributed by atoms with Crippen LogP contribution in [-0.2, 0) is 4.79 Å². The highest BCUT2D eigenvalue weighted by Crippen LogP contribution is 2.49. The van der Waals surface area contributed by atoms with Gasteiger partial charge in [0.05, 0.1) is 6.04 Å². The quantitative estimate of drug-likeness (QED) is 0.841. The molecule has 1 aliphatic carbocycles. The van der Waals surface area contributed by atoms with E-state index in [0.29, 0.717) is 11.7 Å². The Kier molecular flexibility index (Phi) is 3.03. The standard InChI is InChI=1S/C19H19NO/c21-17-12-6-10-15-18(17)14-9-4-5-11-16(14)20-19(15)13-7-2-1-3-8-13/h1-5,7-9,11,15,18-20H,6,10,12H2/t15-,18-,19-/m1/s1. The van der Waals surface area contributed by atoms with Crippen molar-refractivity contribution in [2.75, 3.05) is 5.32 Å². The first-order chi connectivity index (χ1) is 10.3. The van der Waals surface area contributed by atoms with Gasteiger partial charge in [0.2, 0.25) is 0 Å². The molecule has 3 atom stereocenters. The largest absolute Gasteiger partial charge is 0.378 e. The fraction of sp³-hybridized carbons (Fsp3) is 0.316. The minimum absolute atomic E-state index is 0.0707. The summed E-state index contributed by atoms with van der Waals surface area (Å²) in [6, 6.07) is 19.1. The number of ketones is 1. The van der Waals surface area contributed by atoms with Crippen molar-refractivity contribution >= 4 is 11.5 Å². The Balaban J connectivity index is 1.82. The monoisotopic (exact) mass is 277 g/mol. The van der Waals surface area contributed by atoms with Crippen LogP contribution < -0.4 is 5.32 Å². The molecule has 0 spiro atoms. The van der Waals surface area contributed by atoms with Gasteiger partial charge in [-0.25, -0.2) is 0 Å². The van der Waals surface area contributed by atoms with E-state index in [-0.39, 0.29) is 12.0 Å². The fourth-order valence-electron chi connectivity index (χ4n) is 4.00. The summed E-state index contributed by atoms with van der Waals surface area (Å²) in [4.78, 5) is 12.5. The molecule has 1 fully saturated rings. The average Bonchev–Trinajstić information content (AvgIpc) is 2.55. The molecule has 1 N–H and O–H groups in total. The number of hydrogen-bond donors (Lipinski definition) is 1. The highest BCUT2D eigenvalue weighted by Gasteiger charge is 2.42. The lowest BCUT2D eigenvalue weighted by molar-refractivity contribution is -0.123. The average molecular weight is 277 g/mol. The minimum Gasteiger partial charge on any atom is -0.378 e. The molecular weight excluding hydrogens is 258 g/mol. The number of rotatable bonds is 1. The van der Waals surface area contributed by atoms with Crippen LogP contribution in [0.1, 0.15) is 42.3 Å². The number of fused-ring (bicyclic) bond motifs is 3. The summed E-state index contributed by atoms with van der Waals surface area (Å²) < 4.78 is 0. The summed E-state index contributed by atoms with van der Waals surface area (Å²) >= 11 is 0. The van der Waals surface area contributed by atoms with Crippen LogP contribution >= 0.6 is 0 Å². The Morgan fingerprint density at radius 3 is 2.57 bits per heavy atom. The lowest BCUT2D eigenvalue weighted by Crippen LogP contribution is -2.38. The number of hydrogen-bond acceptors (Lipinski definition) is 2. The molecule has 21 heavy (non-hydrogen) atoms. The molecule has 2 aromatic rings. The molecule has 2 nitrogen and oxygen atoms in total. The third kappa shape index (κ3) is 2.06. The van der Waals surface area contributed by atoms with Crippen molar-refractivity contribution in [3.05, 3.63) is 65.7 Å². The van der Waals surface area contributed by atoms with Crippen LogP contribution in [0.4, 0.5) is 5.69 Å². The zero-order valence-electron chi connectivity index (χ0n) is 12.0. The van der Waals surface area contributed by atoms with Gasteiger partial charge in [0.25, 0.3) is 0 Å². The third-order valence-electron chi connectivity index (χ3n) is 4.93. The van der Waals surface area contributed by atoms with Gasteiger partial charge in [0.1, 0.15) is 5.78 Å². The summed E-state index contributed by atoms with van der Waals surface area (Å²) in [5, 5.41) is 3.68. The Morgan fingerprint density at radius 2 is 1.71 bits per heavy atom. The van der Waals surface area contributed by atoms with Gasteiger partial charge in [-0.3, -0.25) is 4.79 Å². The lowest BCUT2D eigenvalue weighted by Gasteiger charge is -2.42. The van der Waals surface area contributed by atoms with Crippen LogP contribution in [0.5, 0.6) is 0 Å². The molecule has 0 saturated heterocycles. The first-order valence-electron chi connectivity index (χ1n) is 7.78. The van der Waals surface area contributed by atoms with Crippen LogP contribution in [0, 0.1) is 5.92 Å². The van der Waals surface area contributed by atoms with E-state index in [0.717, 1.165) is 24.9 Å². The molecule has 0 amide bonds. The maximum atomic E-state index is 12.5. The second kappa shape index (κ2) is 5.03. The third-order valence-corrected chi connectivity index (χ3v) is 4.93. The normalized spacial score (nSPS) is 27.4. The highest BCUT2D eigenvalue weighted by molar-refractivity contribution is 5.89. The van der Waals surface area contributed by atoms with E-state index >= 15 is 0 Å². The summed E-state index contributed by atoms with van der Waals surface area (Å²) in [6.07, 6.45) is 2.88. The highest BCUT2D eigenvalue weighted by atomic mass is 16.1. The Hall–Kier alpha value is -2.09. The maximum absolute atomic E-state index is 12.5. The van der Waals surface area contributed by atoms with Crippen molar-refractivity contribution in [3.8, 4) is 0 Å². The van der Waals surface area contributed by atoms with E-state index in [2.05, 4.69) is 41.7 Å². The van der Waals surface area contributed by atoms with Crippen molar-refractivity contribution in [3.63, 3.8) is 0 Å². The molecule has 2 aliphatic rings. The van der Waals surface area contributed by atoms with Crippen molar-refractivity contribution in [2.24, 2.45) is 5.92 Å². The number of carbonyl (C=O) groups excluding carboxylic acids is 1. The Labute approximate surface area is 125 Å². The van der Waals surface area contributed by atoms with Gasteiger partial charge in [-0.15, -0.1) is 0 Å². The predicted octanol–water partition coefficient (Wildman–Crippen LogP) is 4.31. The number of carbonyl (C=O) groups is 1. The Morgan fingerprint density at radius 1 is 0.952 bits per heavy atom. The van der Waals surface area contributed by atoms with Gasteiger partial charge in [-0.05, 0) is 36.0 Å². The second-order valence-electron chi connectivity index (χ2n) is 6.12. The number of Topliss-reactive ketones (excluding diaryl/α,β-unsaturated/α-hetero) is 1. The molecule has 0 radical (unpaired) electrons. The number of anilines is 1. The summed E-state index contributed by atoms with van der Waals surface area (Å²) in [5.41, 5.74) is 3.61. The van der Waals surface area contributed by atoms with E-state index in [1.54, 1.807) is 0 Å². The molecule has 4 rings (SSSR count). The zero-order chi connectivity index (χ0) is 14.2. The number of nitrogens with one attached hydrogen (secondary N) is 1. The summed E-state index contributed by atoms with van der Waals surface area (Å²) in [7, 11) is 0. The van der Waals surface area contributed by atoms with E-state index in [4.69, 9.17) is 0 Å². The van der Waals surface area contributed by atoms with Crippen molar-refractivity contribution in [1.29, 1.82) is 0 Å². The van der Waals surface area contributed by atoms with Gasteiger partial charge >= 0.3 is 0 Å². The molecule has 0 aromatic heterocycles. The van der Waals surface area contributed by atoms with Crippen LogP contribution in [-0.4, -0.2) is 5.78 Å². The van der Waals surface area contributed by atoms with E-state index in [1.165, 1.54) is 11.1 Å². The van der Waals surface area contributed by atoms with Crippen molar-refractivity contribution in [2.45, 2.75) is 31.2 Å². The first-order valence-corrected chi connectivity index (χ1v) is 7.78. The molecule has 106 valence electrons. The van der Waals surface area contributed by atoms with Crippen molar-refractivity contribution in [1.82, 2.24) is 0 Å².